The van der Waals surface area contributed by atoms with E-state index in [-0.39, 0.29) is 18.1 Å². The monoisotopic (exact) mass is 369 g/mol. The molecule has 0 saturated heterocycles. The fourth-order valence-corrected chi connectivity index (χ4v) is 2.41. The molecule has 27 heavy (non-hydrogen) atoms. The van der Waals surface area contributed by atoms with Gasteiger partial charge in [0.05, 0.1) is 17.7 Å². The number of nitrogens with one attached hydrogen (secondary N) is 2. The van der Waals surface area contributed by atoms with E-state index >= 15 is 0 Å². The number of hydrogen-bond donors (Lipinski definition) is 2. The van der Waals surface area contributed by atoms with Crippen molar-refractivity contribution in [2.45, 2.75) is 13.8 Å². The van der Waals surface area contributed by atoms with Crippen LogP contribution in [0.3, 0.4) is 0 Å². The number of benzene rings is 2. The van der Waals surface area contributed by atoms with Gasteiger partial charge in [0.15, 0.2) is 0 Å². The van der Waals surface area contributed by atoms with Gasteiger partial charge in [-0.2, -0.15) is 5.10 Å². The average Bonchev–Trinajstić information content (AvgIpc) is 2.62. The first-order chi connectivity index (χ1) is 12.8. The number of carbonyl (C=O) groups excluding carboxylic acids is 1. The molecule has 0 unspecified atom stereocenters. The topological polar surface area (TPSA) is 99.9 Å². The molecule has 0 aromatic heterocycles. The van der Waals surface area contributed by atoms with Gasteiger partial charge in [0.2, 0.25) is 0 Å². The Kier molecular flexibility index (Phi) is 6.48. The second kappa shape index (κ2) is 8.79. The van der Waals surface area contributed by atoms with Gasteiger partial charge in [0.1, 0.15) is 0 Å². The van der Waals surface area contributed by atoms with Gasteiger partial charge >= 0.3 is 0 Å². The molecule has 2 aromatic rings. The summed E-state index contributed by atoms with van der Waals surface area (Å²) in [6.07, 6.45) is 1.40. The summed E-state index contributed by atoms with van der Waals surface area (Å²) in [5, 5.41) is 17.9. The van der Waals surface area contributed by atoms with E-state index in [9.17, 15) is 14.9 Å². The summed E-state index contributed by atoms with van der Waals surface area (Å²) in [7, 11) is 3.65. The van der Waals surface area contributed by atoms with Crippen LogP contribution in [-0.4, -0.2) is 37.7 Å². The molecular weight excluding hydrogens is 346 g/mol. The molecule has 2 aromatic carbocycles. The zero-order valence-electron chi connectivity index (χ0n) is 15.8. The fraction of sp³-hybridized carbons (Fsp3) is 0.263. The number of aryl methyl sites for hydroxylation is 2. The Morgan fingerprint density at radius 3 is 2.56 bits per heavy atom. The number of carbonyl (C=O) groups is 1. The first-order valence-corrected chi connectivity index (χ1v) is 8.36. The predicted molar refractivity (Wildman–Crippen MR) is 108 cm³/mol. The summed E-state index contributed by atoms with van der Waals surface area (Å²) in [6.45, 7) is 4.10. The lowest BCUT2D eigenvalue weighted by molar-refractivity contribution is -0.384. The minimum absolute atomic E-state index is 0.0372. The number of anilines is 2. The van der Waals surface area contributed by atoms with Gasteiger partial charge in [-0.1, -0.05) is 6.07 Å². The average molecular weight is 369 g/mol. The maximum absolute atomic E-state index is 11.9. The number of non-ortho nitro benzene ring substituents is 1. The third kappa shape index (κ3) is 5.53. The quantitative estimate of drug-likeness (QED) is 0.444. The maximum Gasteiger partial charge on any atom is 0.270 e. The molecule has 0 spiro atoms. The van der Waals surface area contributed by atoms with E-state index < -0.39 is 4.92 Å². The smallest absolute Gasteiger partial charge is 0.270 e. The summed E-state index contributed by atoms with van der Waals surface area (Å²) < 4.78 is 0. The van der Waals surface area contributed by atoms with Crippen LogP contribution in [0.15, 0.2) is 41.5 Å². The highest BCUT2D eigenvalue weighted by Crippen LogP contribution is 2.22. The van der Waals surface area contributed by atoms with Crippen molar-refractivity contribution in [3.8, 4) is 0 Å². The van der Waals surface area contributed by atoms with Crippen LogP contribution in [0.4, 0.5) is 17.1 Å². The summed E-state index contributed by atoms with van der Waals surface area (Å²) in [5.41, 5.74) is 6.85. The van der Waals surface area contributed by atoms with E-state index in [1.165, 1.54) is 23.9 Å². The minimum Gasteiger partial charge on any atom is -0.377 e. The standard InChI is InChI=1S/C19H23N5O3/c1-13-5-6-16(9-14(13)2)20-12-19(25)22-21-11-15-10-17(24(26)27)7-8-18(15)23(3)4/h5-11,20H,12H2,1-4H3,(H,22,25). The van der Waals surface area contributed by atoms with Crippen molar-refractivity contribution in [2.75, 3.05) is 30.9 Å². The molecule has 2 N–H and O–H groups in total. The molecule has 142 valence electrons. The van der Waals surface area contributed by atoms with Gasteiger partial charge in [0.25, 0.3) is 11.6 Å². The summed E-state index contributed by atoms with van der Waals surface area (Å²) in [4.78, 5) is 24.2. The van der Waals surface area contributed by atoms with Crippen molar-refractivity contribution in [3.05, 3.63) is 63.2 Å². The first kappa shape index (κ1) is 19.9. The SMILES string of the molecule is Cc1ccc(NCC(=O)NN=Cc2cc([N+](=O)[O-])ccc2N(C)C)cc1C. The molecular formula is C19H23N5O3. The highest BCUT2D eigenvalue weighted by molar-refractivity contribution is 5.90. The van der Waals surface area contributed by atoms with Gasteiger partial charge < -0.3 is 10.2 Å². The minimum atomic E-state index is -0.469. The Hall–Kier alpha value is -3.42. The maximum atomic E-state index is 11.9. The van der Waals surface area contributed by atoms with Crippen molar-refractivity contribution >= 4 is 29.2 Å². The Morgan fingerprint density at radius 1 is 1.19 bits per heavy atom. The molecule has 0 bridgehead atoms. The second-order valence-electron chi connectivity index (χ2n) is 6.34. The van der Waals surface area contributed by atoms with Gasteiger partial charge in [0, 0.05) is 43.2 Å². The van der Waals surface area contributed by atoms with Crippen molar-refractivity contribution in [1.82, 2.24) is 5.43 Å². The number of hydrazone groups is 1. The van der Waals surface area contributed by atoms with Gasteiger partial charge in [-0.3, -0.25) is 14.9 Å². The number of nitro benzene ring substituents is 1. The Labute approximate surface area is 158 Å². The van der Waals surface area contributed by atoms with E-state index in [1.54, 1.807) is 6.07 Å². The van der Waals surface area contributed by atoms with Crippen LogP contribution >= 0.6 is 0 Å². The molecule has 0 fully saturated rings. The molecule has 0 saturated carbocycles. The number of hydrogen-bond acceptors (Lipinski definition) is 6. The summed E-state index contributed by atoms with van der Waals surface area (Å²) in [6, 6.07) is 10.3. The molecule has 1 amide bonds. The Bertz CT molecular complexity index is 878. The van der Waals surface area contributed by atoms with E-state index in [0.717, 1.165) is 16.9 Å². The predicted octanol–water partition coefficient (Wildman–Crippen LogP) is 2.84. The lowest BCUT2D eigenvalue weighted by Gasteiger charge is -2.14. The molecule has 0 aliphatic heterocycles. The van der Waals surface area contributed by atoms with E-state index in [0.29, 0.717) is 5.56 Å². The molecule has 0 radical (unpaired) electrons. The third-order valence-electron chi connectivity index (χ3n) is 4.06. The second-order valence-corrected chi connectivity index (χ2v) is 6.34. The van der Waals surface area contributed by atoms with Crippen LogP contribution in [0.2, 0.25) is 0 Å². The summed E-state index contributed by atoms with van der Waals surface area (Å²) >= 11 is 0. The Balaban J connectivity index is 1.99. The van der Waals surface area contributed by atoms with Crippen LogP contribution < -0.4 is 15.6 Å². The number of rotatable bonds is 7. The fourth-order valence-electron chi connectivity index (χ4n) is 2.41. The van der Waals surface area contributed by atoms with Crippen LogP contribution in [0, 0.1) is 24.0 Å². The normalized spacial score (nSPS) is 10.7. The molecule has 8 heteroatoms. The zero-order valence-corrected chi connectivity index (χ0v) is 15.8. The molecule has 0 aliphatic carbocycles. The largest absolute Gasteiger partial charge is 0.377 e. The van der Waals surface area contributed by atoms with Crippen molar-refractivity contribution in [2.24, 2.45) is 5.10 Å². The lowest BCUT2D eigenvalue weighted by atomic mass is 10.1. The highest BCUT2D eigenvalue weighted by atomic mass is 16.6. The molecule has 0 atom stereocenters. The van der Waals surface area contributed by atoms with Gasteiger partial charge in [-0.05, 0) is 43.2 Å². The van der Waals surface area contributed by atoms with Crippen molar-refractivity contribution in [3.63, 3.8) is 0 Å². The van der Waals surface area contributed by atoms with E-state index in [2.05, 4.69) is 15.8 Å². The van der Waals surface area contributed by atoms with Gasteiger partial charge in [-0.25, -0.2) is 5.43 Å². The summed E-state index contributed by atoms with van der Waals surface area (Å²) in [5.74, 6) is -0.318. The highest BCUT2D eigenvalue weighted by Gasteiger charge is 2.11. The van der Waals surface area contributed by atoms with E-state index in [4.69, 9.17) is 0 Å². The molecule has 2 rings (SSSR count). The Morgan fingerprint density at radius 2 is 1.93 bits per heavy atom. The van der Waals surface area contributed by atoms with Crippen LogP contribution in [0.1, 0.15) is 16.7 Å². The van der Waals surface area contributed by atoms with Crippen molar-refractivity contribution in [1.29, 1.82) is 0 Å². The van der Waals surface area contributed by atoms with Crippen LogP contribution in [0.25, 0.3) is 0 Å². The van der Waals surface area contributed by atoms with Crippen molar-refractivity contribution < 1.29 is 9.72 Å². The molecule has 0 aliphatic rings. The number of amides is 1. The number of nitrogens with zero attached hydrogens (tertiary/aromatic N) is 3. The van der Waals surface area contributed by atoms with Crippen LogP contribution in [0.5, 0.6) is 0 Å². The zero-order chi connectivity index (χ0) is 20.0. The first-order valence-electron chi connectivity index (χ1n) is 8.36. The van der Waals surface area contributed by atoms with Crippen LogP contribution in [-0.2, 0) is 4.79 Å². The number of nitro groups is 1. The van der Waals surface area contributed by atoms with Gasteiger partial charge in [-0.15, -0.1) is 0 Å². The molecule has 8 nitrogen and oxygen atoms in total. The molecule has 0 heterocycles. The van der Waals surface area contributed by atoms with E-state index in [1.807, 2.05) is 51.0 Å². The lowest BCUT2D eigenvalue weighted by Crippen LogP contribution is -2.26. The third-order valence-corrected chi connectivity index (χ3v) is 4.06.